The lowest BCUT2D eigenvalue weighted by atomic mass is 9.95. The zero-order chi connectivity index (χ0) is 23.4. The number of aliphatic hydroxyl groups excluding tert-OH is 1. The van der Waals surface area contributed by atoms with Crippen molar-refractivity contribution in [3.63, 3.8) is 0 Å². The van der Waals surface area contributed by atoms with Crippen LogP contribution >= 0.6 is 0 Å². The summed E-state index contributed by atoms with van der Waals surface area (Å²) < 4.78 is 10.9. The molecule has 1 aliphatic heterocycles. The van der Waals surface area contributed by atoms with Crippen molar-refractivity contribution in [2.24, 2.45) is 0 Å². The number of ketones is 1. The van der Waals surface area contributed by atoms with Gasteiger partial charge in [-0.1, -0.05) is 49.4 Å². The van der Waals surface area contributed by atoms with Gasteiger partial charge in [-0.15, -0.1) is 0 Å². The van der Waals surface area contributed by atoms with Gasteiger partial charge < -0.3 is 14.6 Å². The van der Waals surface area contributed by atoms with Gasteiger partial charge in [-0.25, -0.2) is 0 Å². The Labute approximate surface area is 192 Å². The Bertz CT molecular complexity index is 1180. The minimum Gasteiger partial charge on any atom is -0.507 e. The number of para-hydroxylation sites is 1. The Balaban J connectivity index is 1.87. The summed E-state index contributed by atoms with van der Waals surface area (Å²) in [5, 5.41) is 11.3. The maximum absolute atomic E-state index is 13.2. The maximum Gasteiger partial charge on any atom is 0.300 e. The fraction of sp³-hybridized carbons (Fsp3) is 0.185. The first kappa shape index (κ1) is 22.1. The first-order valence-corrected chi connectivity index (χ1v) is 10.8. The van der Waals surface area contributed by atoms with Crippen LogP contribution in [0.4, 0.5) is 5.69 Å². The van der Waals surface area contributed by atoms with E-state index < -0.39 is 17.7 Å². The Kier molecular flexibility index (Phi) is 6.45. The van der Waals surface area contributed by atoms with E-state index in [9.17, 15) is 14.7 Å². The second-order valence-electron chi connectivity index (χ2n) is 7.65. The number of carbonyl (C=O) groups excluding carboxylic acids is 2. The van der Waals surface area contributed by atoms with Gasteiger partial charge >= 0.3 is 0 Å². The third-order valence-corrected chi connectivity index (χ3v) is 5.49. The summed E-state index contributed by atoms with van der Waals surface area (Å²) in [7, 11) is 1.57. The van der Waals surface area contributed by atoms with E-state index >= 15 is 0 Å². The van der Waals surface area contributed by atoms with Gasteiger partial charge in [-0.3, -0.25) is 14.5 Å². The summed E-state index contributed by atoms with van der Waals surface area (Å²) in [5.41, 5.74) is 1.69. The Hall–Kier alpha value is -4.06. The molecule has 1 aliphatic rings. The van der Waals surface area contributed by atoms with Crippen LogP contribution in [-0.4, -0.2) is 30.5 Å². The number of benzene rings is 3. The zero-order valence-corrected chi connectivity index (χ0v) is 18.5. The predicted octanol–water partition coefficient (Wildman–Crippen LogP) is 5.11. The Morgan fingerprint density at radius 3 is 2.33 bits per heavy atom. The second-order valence-corrected chi connectivity index (χ2v) is 7.65. The van der Waals surface area contributed by atoms with Crippen LogP contribution in [0.25, 0.3) is 5.76 Å². The van der Waals surface area contributed by atoms with Gasteiger partial charge in [0.25, 0.3) is 11.7 Å². The number of nitrogens with zero attached hydrogens (tertiary/aromatic N) is 1. The van der Waals surface area contributed by atoms with Crippen LogP contribution in [0.2, 0.25) is 0 Å². The molecule has 33 heavy (non-hydrogen) atoms. The molecule has 1 amide bonds. The molecule has 0 aliphatic carbocycles. The average Bonchev–Trinajstić information content (AvgIpc) is 3.13. The van der Waals surface area contributed by atoms with Gasteiger partial charge in [0.2, 0.25) is 0 Å². The van der Waals surface area contributed by atoms with E-state index in [1.165, 1.54) is 4.90 Å². The number of amides is 1. The molecule has 0 saturated carbocycles. The molecule has 168 valence electrons. The van der Waals surface area contributed by atoms with Crippen molar-refractivity contribution in [3.05, 3.63) is 95.6 Å². The molecular formula is C27H25NO5. The summed E-state index contributed by atoms with van der Waals surface area (Å²) in [4.78, 5) is 27.8. The molecule has 4 rings (SSSR count). The topological polar surface area (TPSA) is 76.1 Å². The molecule has 1 saturated heterocycles. The SMILES string of the molecule is CCCOc1cccc(/C(O)=C2/C(=O)C(=O)N(c3ccccc3)C2c2ccc(OC)cc2)c1. The number of carbonyl (C=O) groups is 2. The molecule has 0 spiro atoms. The fourth-order valence-electron chi connectivity index (χ4n) is 3.90. The summed E-state index contributed by atoms with van der Waals surface area (Å²) >= 11 is 0. The number of anilines is 1. The van der Waals surface area contributed by atoms with Crippen molar-refractivity contribution < 1.29 is 24.2 Å². The van der Waals surface area contributed by atoms with Gasteiger partial charge in [-0.2, -0.15) is 0 Å². The lowest BCUT2D eigenvalue weighted by Crippen LogP contribution is -2.29. The largest absolute Gasteiger partial charge is 0.507 e. The standard InChI is InChI=1S/C27H25NO5/c1-3-16-33-22-11-7-8-19(17-22)25(29)23-24(18-12-14-21(32-2)15-13-18)28(27(31)26(23)30)20-9-5-4-6-10-20/h4-15,17,24,29H,3,16H2,1-2H3/b25-23-. The van der Waals surface area contributed by atoms with Crippen LogP contribution in [0.5, 0.6) is 11.5 Å². The molecule has 1 unspecified atom stereocenters. The first-order valence-electron chi connectivity index (χ1n) is 10.8. The van der Waals surface area contributed by atoms with Gasteiger partial charge in [-0.05, 0) is 48.4 Å². The molecule has 1 heterocycles. The van der Waals surface area contributed by atoms with E-state index in [1.54, 1.807) is 79.9 Å². The molecule has 0 aromatic heterocycles. The molecule has 3 aromatic carbocycles. The molecule has 0 bridgehead atoms. The van der Waals surface area contributed by atoms with Crippen molar-refractivity contribution in [1.29, 1.82) is 0 Å². The number of hydrogen-bond donors (Lipinski definition) is 1. The smallest absolute Gasteiger partial charge is 0.300 e. The van der Waals surface area contributed by atoms with Gasteiger partial charge in [0.05, 0.1) is 25.3 Å². The second kappa shape index (κ2) is 9.61. The summed E-state index contributed by atoms with van der Waals surface area (Å²) in [6.07, 6.45) is 0.843. The molecule has 1 atom stereocenters. The van der Waals surface area contributed by atoms with E-state index in [0.29, 0.717) is 34.9 Å². The van der Waals surface area contributed by atoms with Crippen LogP contribution in [0, 0.1) is 0 Å². The highest BCUT2D eigenvalue weighted by Gasteiger charge is 2.46. The fourth-order valence-corrected chi connectivity index (χ4v) is 3.90. The Morgan fingerprint density at radius 1 is 0.939 bits per heavy atom. The van der Waals surface area contributed by atoms with E-state index in [2.05, 4.69) is 0 Å². The number of rotatable bonds is 7. The molecule has 6 heteroatoms. The van der Waals surface area contributed by atoms with E-state index in [1.807, 2.05) is 13.0 Å². The minimum atomic E-state index is -0.793. The van der Waals surface area contributed by atoms with Gasteiger partial charge in [0, 0.05) is 11.3 Å². The van der Waals surface area contributed by atoms with Crippen molar-refractivity contribution in [3.8, 4) is 11.5 Å². The van der Waals surface area contributed by atoms with Crippen LogP contribution in [0.1, 0.15) is 30.5 Å². The summed E-state index contributed by atoms with van der Waals surface area (Å²) in [5.74, 6) is -0.441. The highest BCUT2D eigenvalue weighted by atomic mass is 16.5. The molecule has 6 nitrogen and oxygen atoms in total. The minimum absolute atomic E-state index is 0.0293. The highest BCUT2D eigenvalue weighted by molar-refractivity contribution is 6.51. The van der Waals surface area contributed by atoms with Gasteiger partial charge in [0.1, 0.15) is 17.3 Å². The maximum atomic E-state index is 13.2. The van der Waals surface area contributed by atoms with Crippen LogP contribution < -0.4 is 14.4 Å². The molecular weight excluding hydrogens is 418 g/mol. The monoisotopic (exact) mass is 443 g/mol. The van der Waals surface area contributed by atoms with E-state index in [-0.39, 0.29) is 11.3 Å². The van der Waals surface area contributed by atoms with Crippen LogP contribution in [-0.2, 0) is 9.59 Å². The number of Topliss-reactive ketones (excluding diaryl/α,β-unsaturated/α-hetero) is 1. The molecule has 1 fully saturated rings. The van der Waals surface area contributed by atoms with Crippen LogP contribution in [0.3, 0.4) is 0 Å². The normalized spacial score (nSPS) is 17.3. The molecule has 1 N–H and O–H groups in total. The van der Waals surface area contributed by atoms with Crippen molar-refractivity contribution >= 4 is 23.1 Å². The van der Waals surface area contributed by atoms with Crippen molar-refractivity contribution in [2.75, 3.05) is 18.6 Å². The molecule has 3 aromatic rings. The van der Waals surface area contributed by atoms with Crippen molar-refractivity contribution in [1.82, 2.24) is 0 Å². The van der Waals surface area contributed by atoms with Crippen molar-refractivity contribution in [2.45, 2.75) is 19.4 Å². The molecule has 0 radical (unpaired) electrons. The van der Waals surface area contributed by atoms with E-state index in [4.69, 9.17) is 9.47 Å². The lowest BCUT2D eigenvalue weighted by Gasteiger charge is -2.25. The van der Waals surface area contributed by atoms with E-state index in [0.717, 1.165) is 6.42 Å². The number of ether oxygens (including phenoxy) is 2. The number of hydrogen-bond acceptors (Lipinski definition) is 5. The third-order valence-electron chi connectivity index (χ3n) is 5.49. The average molecular weight is 443 g/mol. The Morgan fingerprint density at radius 2 is 1.67 bits per heavy atom. The quantitative estimate of drug-likeness (QED) is 0.312. The number of methoxy groups -OCH3 is 1. The summed E-state index contributed by atoms with van der Waals surface area (Å²) in [6, 6.07) is 22.2. The first-order chi connectivity index (χ1) is 16.0. The number of aliphatic hydroxyl groups is 1. The lowest BCUT2D eigenvalue weighted by molar-refractivity contribution is -0.132. The third kappa shape index (κ3) is 4.32. The zero-order valence-electron chi connectivity index (χ0n) is 18.5. The predicted molar refractivity (Wildman–Crippen MR) is 126 cm³/mol. The van der Waals surface area contributed by atoms with Gasteiger partial charge in [0.15, 0.2) is 0 Å². The summed E-state index contributed by atoms with van der Waals surface area (Å²) in [6.45, 7) is 2.54. The highest BCUT2D eigenvalue weighted by Crippen LogP contribution is 2.42. The van der Waals surface area contributed by atoms with Crippen LogP contribution in [0.15, 0.2) is 84.4 Å².